The summed E-state index contributed by atoms with van der Waals surface area (Å²) in [7, 11) is 0. The Morgan fingerprint density at radius 3 is 2.53 bits per heavy atom. The summed E-state index contributed by atoms with van der Waals surface area (Å²) in [4.78, 5) is 12.0. The fraction of sp³-hybridized carbons (Fsp3) is 0.0714. The van der Waals surface area contributed by atoms with Crippen LogP contribution in [-0.2, 0) is 5.33 Å². The molecule has 0 spiro atoms. The summed E-state index contributed by atoms with van der Waals surface area (Å²) in [6, 6.07) is 11.9. The highest BCUT2D eigenvalue weighted by atomic mass is 127. The van der Waals surface area contributed by atoms with Crippen LogP contribution in [0.15, 0.2) is 42.5 Å². The Kier molecular flexibility index (Phi) is 4.93. The van der Waals surface area contributed by atoms with Crippen LogP contribution >= 0.6 is 38.5 Å². The summed E-state index contributed by atoms with van der Waals surface area (Å²) in [5, 5.41) is 3.45. The van der Waals surface area contributed by atoms with Crippen molar-refractivity contribution in [3.05, 3.63) is 63.0 Å². The van der Waals surface area contributed by atoms with Gasteiger partial charge in [-0.3, -0.25) is 4.79 Å². The molecule has 0 unspecified atom stereocenters. The molecule has 0 aliphatic heterocycles. The number of anilines is 1. The van der Waals surface area contributed by atoms with Crippen molar-refractivity contribution in [2.45, 2.75) is 5.33 Å². The third-order valence-electron chi connectivity index (χ3n) is 2.57. The molecule has 1 amide bonds. The standard InChI is InChI=1S/C14H10BrFINO/c15-8-9-4-6-10(7-5-9)14(19)18-12-3-1-2-11(16)13(12)17/h1-7H,8H2,(H,18,19). The van der Waals surface area contributed by atoms with E-state index in [0.717, 1.165) is 10.9 Å². The topological polar surface area (TPSA) is 29.1 Å². The van der Waals surface area contributed by atoms with Crippen molar-refractivity contribution >= 4 is 50.1 Å². The lowest BCUT2D eigenvalue weighted by molar-refractivity contribution is 0.102. The molecule has 19 heavy (non-hydrogen) atoms. The Bertz CT molecular complexity index is 601. The highest BCUT2D eigenvalue weighted by molar-refractivity contribution is 14.1. The first-order valence-electron chi connectivity index (χ1n) is 5.52. The molecule has 0 aliphatic carbocycles. The zero-order valence-corrected chi connectivity index (χ0v) is 13.5. The Hall–Kier alpha value is -0.950. The number of amides is 1. The molecule has 0 aliphatic rings. The van der Waals surface area contributed by atoms with E-state index in [1.165, 1.54) is 6.07 Å². The maximum atomic E-state index is 13.4. The Morgan fingerprint density at radius 2 is 1.89 bits per heavy atom. The highest BCUT2D eigenvalue weighted by Gasteiger charge is 2.10. The van der Waals surface area contributed by atoms with E-state index >= 15 is 0 Å². The molecule has 0 radical (unpaired) electrons. The smallest absolute Gasteiger partial charge is 0.255 e. The van der Waals surface area contributed by atoms with Crippen LogP contribution in [0.2, 0.25) is 0 Å². The van der Waals surface area contributed by atoms with Gasteiger partial charge in [0.25, 0.3) is 5.91 Å². The molecule has 2 aromatic carbocycles. The van der Waals surface area contributed by atoms with E-state index in [1.807, 2.05) is 34.7 Å². The minimum Gasteiger partial charge on any atom is -0.321 e. The lowest BCUT2D eigenvalue weighted by Gasteiger charge is -2.08. The van der Waals surface area contributed by atoms with E-state index in [2.05, 4.69) is 21.2 Å². The SMILES string of the molecule is O=C(Nc1cccc(F)c1I)c1ccc(CBr)cc1. The van der Waals surface area contributed by atoms with Gasteiger partial charge in [-0.05, 0) is 52.4 Å². The second kappa shape index (κ2) is 6.47. The summed E-state index contributed by atoms with van der Waals surface area (Å²) < 4.78 is 13.8. The number of carbonyl (C=O) groups excluding carboxylic acids is 1. The zero-order valence-electron chi connectivity index (χ0n) is 9.79. The van der Waals surface area contributed by atoms with Gasteiger partial charge in [0.2, 0.25) is 0 Å². The number of alkyl halides is 1. The van der Waals surface area contributed by atoms with Gasteiger partial charge in [0, 0.05) is 10.9 Å². The Morgan fingerprint density at radius 1 is 1.21 bits per heavy atom. The largest absolute Gasteiger partial charge is 0.321 e. The first-order chi connectivity index (χ1) is 9.11. The fourth-order valence-corrected chi connectivity index (χ4v) is 2.41. The molecule has 2 rings (SSSR count). The van der Waals surface area contributed by atoms with Crippen molar-refractivity contribution in [3.8, 4) is 0 Å². The van der Waals surface area contributed by atoms with Crippen LogP contribution in [0, 0.1) is 9.39 Å². The van der Waals surface area contributed by atoms with E-state index < -0.39 is 0 Å². The van der Waals surface area contributed by atoms with Crippen molar-refractivity contribution in [1.29, 1.82) is 0 Å². The van der Waals surface area contributed by atoms with Gasteiger partial charge in [-0.15, -0.1) is 0 Å². The molecule has 1 N–H and O–H groups in total. The van der Waals surface area contributed by atoms with Crippen molar-refractivity contribution in [1.82, 2.24) is 0 Å². The third kappa shape index (κ3) is 3.54. The van der Waals surface area contributed by atoms with Gasteiger partial charge < -0.3 is 5.32 Å². The summed E-state index contributed by atoms with van der Waals surface area (Å²) in [5.74, 6) is -0.585. The predicted molar refractivity (Wildman–Crippen MR) is 86.1 cm³/mol. The maximum absolute atomic E-state index is 13.4. The average Bonchev–Trinajstić information content (AvgIpc) is 2.44. The van der Waals surface area contributed by atoms with E-state index in [0.29, 0.717) is 14.8 Å². The Balaban J connectivity index is 2.18. The maximum Gasteiger partial charge on any atom is 0.255 e. The van der Waals surface area contributed by atoms with E-state index in [4.69, 9.17) is 0 Å². The van der Waals surface area contributed by atoms with Crippen LogP contribution in [0.5, 0.6) is 0 Å². The number of hydrogen-bond donors (Lipinski definition) is 1. The summed E-state index contributed by atoms with van der Waals surface area (Å²) in [6.45, 7) is 0. The highest BCUT2D eigenvalue weighted by Crippen LogP contribution is 2.21. The number of benzene rings is 2. The fourth-order valence-electron chi connectivity index (χ4n) is 1.54. The van der Waals surface area contributed by atoms with Crippen LogP contribution in [0.25, 0.3) is 0 Å². The van der Waals surface area contributed by atoms with Gasteiger partial charge in [0.15, 0.2) is 0 Å². The van der Waals surface area contributed by atoms with Crippen molar-refractivity contribution < 1.29 is 9.18 Å². The Labute approximate surface area is 132 Å². The van der Waals surface area contributed by atoms with Gasteiger partial charge in [0.1, 0.15) is 5.82 Å². The van der Waals surface area contributed by atoms with Crippen LogP contribution < -0.4 is 5.32 Å². The molecule has 2 nitrogen and oxygen atoms in total. The molecule has 0 saturated carbocycles. The average molecular weight is 434 g/mol. The summed E-state index contributed by atoms with van der Waals surface area (Å²) in [5.41, 5.74) is 2.12. The quantitative estimate of drug-likeness (QED) is 0.557. The van der Waals surface area contributed by atoms with E-state index in [9.17, 15) is 9.18 Å². The van der Waals surface area contributed by atoms with Gasteiger partial charge in [-0.2, -0.15) is 0 Å². The molecule has 0 heterocycles. The van der Waals surface area contributed by atoms with Gasteiger partial charge in [-0.25, -0.2) is 4.39 Å². The first-order valence-corrected chi connectivity index (χ1v) is 7.72. The van der Waals surface area contributed by atoms with E-state index in [1.54, 1.807) is 24.3 Å². The number of hydrogen-bond acceptors (Lipinski definition) is 1. The van der Waals surface area contributed by atoms with Crippen LogP contribution in [-0.4, -0.2) is 5.91 Å². The molecular weight excluding hydrogens is 424 g/mol. The van der Waals surface area contributed by atoms with Crippen molar-refractivity contribution in [2.75, 3.05) is 5.32 Å². The second-order valence-corrected chi connectivity index (χ2v) is 5.53. The minimum atomic E-state index is -0.340. The monoisotopic (exact) mass is 433 g/mol. The van der Waals surface area contributed by atoms with Crippen molar-refractivity contribution in [3.63, 3.8) is 0 Å². The lowest BCUT2D eigenvalue weighted by Crippen LogP contribution is -2.13. The molecule has 0 bridgehead atoms. The third-order valence-corrected chi connectivity index (χ3v) is 4.31. The lowest BCUT2D eigenvalue weighted by atomic mass is 10.1. The zero-order chi connectivity index (χ0) is 13.8. The van der Waals surface area contributed by atoms with Crippen molar-refractivity contribution in [2.24, 2.45) is 0 Å². The number of halogens is 3. The second-order valence-electron chi connectivity index (χ2n) is 3.89. The van der Waals surface area contributed by atoms with Crippen LogP contribution in [0.4, 0.5) is 10.1 Å². The molecule has 0 atom stereocenters. The first kappa shape index (κ1) is 14.5. The van der Waals surface area contributed by atoms with Gasteiger partial charge >= 0.3 is 0 Å². The molecule has 5 heteroatoms. The molecule has 0 fully saturated rings. The summed E-state index contributed by atoms with van der Waals surface area (Å²) in [6.07, 6.45) is 0. The number of rotatable bonds is 3. The van der Waals surface area contributed by atoms with Crippen LogP contribution in [0.3, 0.4) is 0 Å². The minimum absolute atomic E-state index is 0.246. The van der Waals surface area contributed by atoms with E-state index in [-0.39, 0.29) is 11.7 Å². The number of carbonyl (C=O) groups is 1. The molecule has 2 aromatic rings. The van der Waals surface area contributed by atoms with Crippen LogP contribution in [0.1, 0.15) is 15.9 Å². The predicted octanol–water partition coefficient (Wildman–Crippen LogP) is 4.58. The van der Waals surface area contributed by atoms with Gasteiger partial charge in [0.05, 0.1) is 9.26 Å². The van der Waals surface area contributed by atoms with Gasteiger partial charge in [-0.1, -0.05) is 34.1 Å². The number of nitrogens with one attached hydrogen (secondary N) is 1. The molecular formula is C14H10BrFINO. The molecule has 0 saturated heterocycles. The summed E-state index contributed by atoms with van der Waals surface area (Å²) >= 11 is 5.22. The normalized spacial score (nSPS) is 10.3. The molecule has 0 aromatic heterocycles. The molecule has 98 valence electrons.